The highest BCUT2D eigenvalue weighted by Crippen LogP contribution is 2.19. The van der Waals surface area contributed by atoms with E-state index < -0.39 is 0 Å². The Morgan fingerprint density at radius 3 is 2.64 bits per heavy atom. The number of carbonyl (C=O) groups excluding carboxylic acids is 1. The van der Waals surface area contributed by atoms with E-state index in [0.717, 1.165) is 17.5 Å². The van der Waals surface area contributed by atoms with Gasteiger partial charge >= 0.3 is 0 Å². The number of amides is 1. The molecule has 3 rings (SSSR count). The first-order valence-corrected chi connectivity index (χ1v) is 9.27. The summed E-state index contributed by atoms with van der Waals surface area (Å²) in [6.07, 6.45) is 1.83. The van der Waals surface area contributed by atoms with Crippen molar-refractivity contribution < 1.29 is 9.32 Å². The summed E-state index contributed by atoms with van der Waals surface area (Å²) in [6, 6.07) is 10.3. The summed E-state index contributed by atoms with van der Waals surface area (Å²) in [6.45, 7) is 2.73. The van der Waals surface area contributed by atoms with Crippen molar-refractivity contribution in [1.82, 2.24) is 15.0 Å². The molecule has 0 bridgehead atoms. The summed E-state index contributed by atoms with van der Waals surface area (Å²) in [5, 5.41) is 7.90. The lowest BCUT2D eigenvalue weighted by Crippen LogP contribution is -2.26. The smallest absolute Gasteiger partial charge is 0.227 e. The van der Waals surface area contributed by atoms with Crippen molar-refractivity contribution >= 4 is 17.2 Å². The molecule has 0 N–H and O–H groups in total. The van der Waals surface area contributed by atoms with Crippen LogP contribution in [0.25, 0.3) is 11.4 Å². The van der Waals surface area contributed by atoms with Crippen LogP contribution in [0.15, 0.2) is 45.6 Å². The van der Waals surface area contributed by atoms with Gasteiger partial charge in [-0.1, -0.05) is 36.3 Å². The number of hydrogen-bond acceptors (Lipinski definition) is 5. The third-order valence-electron chi connectivity index (χ3n) is 4.08. The number of aryl methyl sites for hydroxylation is 2. The fourth-order valence-corrected chi connectivity index (χ4v) is 3.15. The maximum atomic E-state index is 12.3. The largest absolute Gasteiger partial charge is 0.341 e. The van der Waals surface area contributed by atoms with Gasteiger partial charge < -0.3 is 9.42 Å². The summed E-state index contributed by atoms with van der Waals surface area (Å²) in [5.74, 6) is 1.14. The van der Waals surface area contributed by atoms with Crippen molar-refractivity contribution in [2.24, 2.45) is 0 Å². The van der Waals surface area contributed by atoms with E-state index in [4.69, 9.17) is 4.52 Å². The van der Waals surface area contributed by atoms with Gasteiger partial charge in [0.15, 0.2) is 0 Å². The molecule has 0 aliphatic carbocycles. The maximum absolute atomic E-state index is 12.3. The predicted molar refractivity (Wildman–Crippen MR) is 98.2 cm³/mol. The molecular weight excluding hydrogens is 334 g/mol. The zero-order valence-corrected chi connectivity index (χ0v) is 15.3. The average Bonchev–Trinajstić information content (AvgIpc) is 3.31. The number of aromatic nitrogens is 2. The first kappa shape index (κ1) is 17.4. The van der Waals surface area contributed by atoms with Crippen molar-refractivity contribution in [3.8, 4) is 11.4 Å². The normalized spacial score (nSPS) is 10.8. The van der Waals surface area contributed by atoms with E-state index in [-0.39, 0.29) is 5.91 Å². The van der Waals surface area contributed by atoms with E-state index in [2.05, 4.69) is 41.3 Å². The molecule has 1 amide bonds. The zero-order chi connectivity index (χ0) is 17.6. The van der Waals surface area contributed by atoms with Crippen molar-refractivity contribution in [2.45, 2.75) is 32.7 Å². The summed E-state index contributed by atoms with van der Waals surface area (Å²) >= 11 is 1.59. The highest BCUT2D eigenvalue weighted by atomic mass is 32.1. The lowest BCUT2D eigenvalue weighted by atomic mass is 10.1. The Bertz CT molecular complexity index is 810. The molecule has 0 spiro atoms. The van der Waals surface area contributed by atoms with Gasteiger partial charge in [0.1, 0.15) is 0 Å². The van der Waals surface area contributed by atoms with Gasteiger partial charge in [-0.05, 0) is 29.0 Å². The minimum Gasteiger partial charge on any atom is -0.341 e. The summed E-state index contributed by atoms with van der Waals surface area (Å²) < 4.78 is 5.24. The van der Waals surface area contributed by atoms with E-state index in [1.165, 1.54) is 5.56 Å². The van der Waals surface area contributed by atoms with E-state index in [1.54, 1.807) is 16.2 Å². The molecule has 2 aromatic heterocycles. The monoisotopic (exact) mass is 355 g/mol. The van der Waals surface area contributed by atoms with Gasteiger partial charge in [0.05, 0.1) is 0 Å². The number of nitrogens with zero attached hydrogens (tertiary/aromatic N) is 3. The van der Waals surface area contributed by atoms with E-state index in [9.17, 15) is 4.79 Å². The predicted octanol–water partition coefficient (Wildman–Crippen LogP) is 3.95. The zero-order valence-electron chi connectivity index (χ0n) is 14.4. The molecule has 5 nitrogen and oxygen atoms in total. The topological polar surface area (TPSA) is 59.2 Å². The Balaban J connectivity index is 1.51. The first-order chi connectivity index (χ1) is 12.2. The molecule has 0 radical (unpaired) electrons. The van der Waals surface area contributed by atoms with Crippen molar-refractivity contribution in [3.05, 3.63) is 58.1 Å². The Morgan fingerprint density at radius 2 is 1.96 bits per heavy atom. The third kappa shape index (κ3) is 4.54. The number of hydrogen-bond donors (Lipinski definition) is 0. The van der Waals surface area contributed by atoms with Crippen LogP contribution in [0.5, 0.6) is 0 Å². The van der Waals surface area contributed by atoms with E-state index in [1.807, 2.05) is 23.9 Å². The number of carbonyl (C=O) groups is 1. The second kappa shape index (κ2) is 8.07. The Hall–Kier alpha value is -2.47. The van der Waals surface area contributed by atoms with Gasteiger partial charge in [-0.15, -0.1) is 0 Å². The van der Waals surface area contributed by atoms with Gasteiger partial charge in [0.25, 0.3) is 0 Å². The highest BCUT2D eigenvalue weighted by molar-refractivity contribution is 7.08. The summed E-state index contributed by atoms with van der Waals surface area (Å²) in [4.78, 5) is 18.4. The van der Waals surface area contributed by atoms with Crippen molar-refractivity contribution in [3.63, 3.8) is 0 Å². The van der Waals surface area contributed by atoms with Crippen molar-refractivity contribution in [1.29, 1.82) is 0 Å². The molecule has 6 heteroatoms. The molecule has 0 saturated carbocycles. The van der Waals surface area contributed by atoms with Crippen LogP contribution in [-0.4, -0.2) is 28.0 Å². The Morgan fingerprint density at radius 1 is 1.20 bits per heavy atom. The van der Waals surface area contributed by atoms with E-state index >= 15 is 0 Å². The molecule has 0 aliphatic heterocycles. The molecule has 3 aromatic rings. The number of thiophene rings is 1. The lowest BCUT2D eigenvalue weighted by molar-refractivity contribution is -0.130. The lowest BCUT2D eigenvalue weighted by Gasteiger charge is -2.17. The summed E-state index contributed by atoms with van der Waals surface area (Å²) in [7, 11) is 1.82. The van der Waals surface area contributed by atoms with Crippen LogP contribution in [0.2, 0.25) is 0 Å². The molecular formula is C19H21N3O2S. The minimum absolute atomic E-state index is 0.0647. The average molecular weight is 355 g/mol. The van der Waals surface area contributed by atoms with Crippen LogP contribution >= 0.6 is 11.3 Å². The number of benzene rings is 1. The highest BCUT2D eigenvalue weighted by Gasteiger charge is 2.13. The molecule has 0 aliphatic rings. The van der Waals surface area contributed by atoms with Crippen molar-refractivity contribution in [2.75, 3.05) is 7.05 Å². The van der Waals surface area contributed by atoms with Gasteiger partial charge in [-0.25, -0.2) is 0 Å². The Kier molecular flexibility index (Phi) is 5.60. The maximum Gasteiger partial charge on any atom is 0.227 e. The molecule has 0 unspecified atom stereocenters. The second-order valence-corrected chi connectivity index (χ2v) is 6.72. The molecule has 0 atom stereocenters. The standard InChI is InChI=1S/C19H21N3O2S/c1-3-14-4-6-15(7-5-14)12-22(2)18(23)9-8-17-20-19(21-24-17)16-10-11-25-13-16/h4-7,10-11,13H,3,8-9,12H2,1-2H3. The van der Waals surface area contributed by atoms with Gasteiger partial charge in [-0.3, -0.25) is 4.79 Å². The van der Waals surface area contributed by atoms with Crippen LogP contribution in [0, 0.1) is 0 Å². The SMILES string of the molecule is CCc1ccc(CN(C)C(=O)CCc2nc(-c3ccsc3)no2)cc1. The quantitative estimate of drug-likeness (QED) is 0.644. The van der Waals surface area contributed by atoms with Crippen LogP contribution in [-0.2, 0) is 24.2 Å². The molecule has 2 heterocycles. The first-order valence-electron chi connectivity index (χ1n) is 8.32. The fourth-order valence-electron chi connectivity index (χ4n) is 2.51. The van der Waals surface area contributed by atoms with E-state index in [0.29, 0.717) is 31.1 Å². The third-order valence-corrected chi connectivity index (χ3v) is 4.76. The molecule has 1 aromatic carbocycles. The fraction of sp³-hybridized carbons (Fsp3) is 0.316. The van der Waals surface area contributed by atoms with Crippen LogP contribution in [0.3, 0.4) is 0 Å². The second-order valence-electron chi connectivity index (χ2n) is 5.94. The molecule has 130 valence electrons. The molecule has 0 saturated heterocycles. The Labute approximate surface area is 151 Å². The van der Waals surface area contributed by atoms with Crippen LogP contribution in [0.1, 0.15) is 30.4 Å². The van der Waals surface area contributed by atoms with Gasteiger partial charge in [-0.2, -0.15) is 16.3 Å². The van der Waals surface area contributed by atoms with Crippen LogP contribution in [0.4, 0.5) is 0 Å². The summed E-state index contributed by atoms with van der Waals surface area (Å²) in [5.41, 5.74) is 3.38. The van der Waals surface area contributed by atoms with Crippen LogP contribution < -0.4 is 0 Å². The minimum atomic E-state index is 0.0647. The van der Waals surface area contributed by atoms with Gasteiger partial charge in [0.2, 0.25) is 17.6 Å². The molecule has 25 heavy (non-hydrogen) atoms. The molecule has 0 fully saturated rings. The van der Waals surface area contributed by atoms with Gasteiger partial charge in [0, 0.05) is 37.4 Å². The number of rotatable bonds is 7.